The number of carbonyl (C=O) groups is 1. The second-order valence-corrected chi connectivity index (χ2v) is 8.64. The summed E-state index contributed by atoms with van der Waals surface area (Å²) in [7, 11) is -1.89. The predicted molar refractivity (Wildman–Crippen MR) is 119 cm³/mol. The molecule has 1 aromatic carbocycles. The zero-order valence-electron chi connectivity index (χ0n) is 17.0. The Morgan fingerprint density at radius 1 is 1.29 bits per heavy atom. The van der Waals surface area contributed by atoms with Crippen LogP contribution in [0.1, 0.15) is 34.8 Å². The Morgan fingerprint density at radius 2 is 2.06 bits per heavy atom. The van der Waals surface area contributed by atoms with Gasteiger partial charge in [0, 0.05) is 59.6 Å². The SMILES string of the molecule is CCCS(=O)(=O)Nc1ccc(F)c(C(=O)c2c[nH]c3ncc(/C(C=N)=C/NC)cc23)c1. The van der Waals surface area contributed by atoms with Crippen LogP contribution in [0.3, 0.4) is 0 Å². The van der Waals surface area contributed by atoms with Crippen molar-refractivity contribution in [1.29, 1.82) is 5.41 Å². The molecule has 162 valence electrons. The number of sulfonamides is 1. The molecular formula is C21H22FN5O3S. The molecule has 0 saturated heterocycles. The van der Waals surface area contributed by atoms with E-state index in [0.717, 1.165) is 12.3 Å². The Hall–Kier alpha value is -3.53. The first-order valence-electron chi connectivity index (χ1n) is 9.49. The van der Waals surface area contributed by atoms with Gasteiger partial charge in [0.25, 0.3) is 0 Å². The van der Waals surface area contributed by atoms with Crippen LogP contribution < -0.4 is 10.0 Å². The summed E-state index contributed by atoms with van der Waals surface area (Å²) in [5.41, 5.74) is 1.62. The summed E-state index contributed by atoms with van der Waals surface area (Å²) < 4.78 is 40.9. The van der Waals surface area contributed by atoms with Gasteiger partial charge in [0.2, 0.25) is 10.0 Å². The quantitative estimate of drug-likeness (QED) is 0.298. The van der Waals surface area contributed by atoms with Crippen LogP contribution in [0.4, 0.5) is 10.1 Å². The number of hydrogen-bond acceptors (Lipinski definition) is 6. The second kappa shape index (κ2) is 9.09. The first-order valence-corrected chi connectivity index (χ1v) is 11.1. The molecule has 0 aliphatic carbocycles. The van der Waals surface area contributed by atoms with E-state index < -0.39 is 21.6 Å². The number of aromatic nitrogens is 2. The third kappa shape index (κ3) is 4.80. The maximum atomic E-state index is 14.5. The predicted octanol–water partition coefficient (Wildman–Crippen LogP) is 3.29. The highest BCUT2D eigenvalue weighted by atomic mass is 32.2. The maximum Gasteiger partial charge on any atom is 0.232 e. The van der Waals surface area contributed by atoms with Gasteiger partial charge >= 0.3 is 0 Å². The Labute approximate surface area is 179 Å². The average Bonchev–Trinajstić information content (AvgIpc) is 3.15. The Bertz CT molecular complexity index is 1280. The molecule has 2 heterocycles. The standard InChI is InChI=1S/C21H22FN5O3S/c1-3-6-31(29,30)27-15-4-5-19(22)17(8-15)20(28)18-12-26-21-16(18)7-13(11-25-21)14(9-23)10-24-2/h4-5,7-12,23-24,27H,3,6H2,1-2H3,(H,25,26)/b14-10+,23-9?. The number of nitrogens with zero attached hydrogens (tertiary/aromatic N) is 1. The summed E-state index contributed by atoms with van der Waals surface area (Å²) in [6.07, 6.45) is 6.19. The topological polar surface area (TPSA) is 128 Å². The minimum absolute atomic E-state index is 0.0833. The fourth-order valence-corrected chi connectivity index (χ4v) is 4.25. The van der Waals surface area contributed by atoms with Crippen molar-refractivity contribution in [3.63, 3.8) is 0 Å². The second-order valence-electron chi connectivity index (χ2n) is 6.80. The molecule has 0 aliphatic heterocycles. The minimum Gasteiger partial charge on any atom is -0.393 e. The fraction of sp³-hybridized carbons (Fsp3) is 0.190. The van der Waals surface area contributed by atoms with E-state index in [4.69, 9.17) is 5.41 Å². The molecular weight excluding hydrogens is 421 g/mol. The van der Waals surface area contributed by atoms with Crippen molar-refractivity contribution in [1.82, 2.24) is 15.3 Å². The van der Waals surface area contributed by atoms with Gasteiger partial charge in [-0.05, 0) is 30.7 Å². The van der Waals surface area contributed by atoms with Gasteiger partial charge in [-0.3, -0.25) is 9.52 Å². The van der Waals surface area contributed by atoms with Crippen LogP contribution in [-0.2, 0) is 10.0 Å². The van der Waals surface area contributed by atoms with Crippen LogP contribution in [0.25, 0.3) is 16.6 Å². The lowest BCUT2D eigenvalue weighted by molar-refractivity contribution is 0.103. The summed E-state index contributed by atoms with van der Waals surface area (Å²) in [5.74, 6) is -1.47. The van der Waals surface area contributed by atoms with Gasteiger partial charge in [0.05, 0.1) is 11.3 Å². The lowest BCUT2D eigenvalue weighted by Gasteiger charge is -2.09. The number of benzene rings is 1. The Kier molecular flexibility index (Phi) is 6.50. The maximum absolute atomic E-state index is 14.5. The summed E-state index contributed by atoms with van der Waals surface area (Å²) in [4.78, 5) is 20.3. The van der Waals surface area contributed by atoms with Crippen LogP contribution in [0.5, 0.6) is 0 Å². The smallest absolute Gasteiger partial charge is 0.232 e. The number of aromatic amines is 1. The number of pyridine rings is 1. The molecule has 3 aromatic rings. The molecule has 31 heavy (non-hydrogen) atoms. The molecule has 2 aromatic heterocycles. The van der Waals surface area contributed by atoms with Crippen LogP contribution in [0.15, 0.2) is 42.9 Å². The van der Waals surface area contributed by atoms with Gasteiger partial charge in [-0.25, -0.2) is 17.8 Å². The van der Waals surface area contributed by atoms with Crippen molar-refractivity contribution >= 4 is 44.3 Å². The van der Waals surface area contributed by atoms with Crippen LogP contribution in [-0.4, -0.2) is 43.2 Å². The molecule has 0 saturated carbocycles. The normalized spacial score (nSPS) is 12.0. The molecule has 3 rings (SSSR count). The first-order chi connectivity index (χ1) is 14.8. The van der Waals surface area contributed by atoms with Crippen molar-refractivity contribution in [2.75, 3.05) is 17.5 Å². The molecule has 0 atom stereocenters. The molecule has 0 amide bonds. The van der Waals surface area contributed by atoms with Gasteiger partial charge in [-0.1, -0.05) is 6.92 Å². The number of allylic oxidation sites excluding steroid dienone is 1. The number of fused-ring (bicyclic) bond motifs is 1. The van der Waals surface area contributed by atoms with E-state index in [1.165, 1.54) is 18.3 Å². The fourth-order valence-electron chi connectivity index (χ4n) is 3.12. The van der Waals surface area contributed by atoms with Gasteiger partial charge in [-0.2, -0.15) is 0 Å². The number of ketones is 1. The molecule has 0 unspecified atom stereocenters. The van der Waals surface area contributed by atoms with Gasteiger partial charge < -0.3 is 15.7 Å². The number of nitrogens with one attached hydrogen (secondary N) is 4. The molecule has 0 aliphatic rings. The van der Waals surface area contributed by atoms with Crippen molar-refractivity contribution in [2.24, 2.45) is 0 Å². The summed E-state index contributed by atoms with van der Waals surface area (Å²) in [6, 6.07) is 5.20. The number of carbonyl (C=O) groups excluding carboxylic acids is 1. The first kappa shape index (κ1) is 22.2. The highest BCUT2D eigenvalue weighted by molar-refractivity contribution is 7.92. The van der Waals surface area contributed by atoms with E-state index in [-0.39, 0.29) is 22.6 Å². The zero-order chi connectivity index (χ0) is 22.6. The number of anilines is 1. The number of rotatable bonds is 9. The minimum atomic E-state index is -3.59. The van der Waals surface area contributed by atoms with Crippen LogP contribution in [0.2, 0.25) is 0 Å². The van der Waals surface area contributed by atoms with Gasteiger partial charge in [0.1, 0.15) is 11.5 Å². The number of hydrogen-bond donors (Lipinski definition) is 4. The molecule has 8 nitrogen and oxygen atoms in total. The number of halogens is 1. The average molecular weight is 444 g/mol. The van der Waals surface area contributed by atoms with Crippen molar-refractivity contribution in [3.8, 4) is 0 Å². The van der Waals surface area contributed by atoms with E-state index in [9.17, 15) is 17.6 Å². The molecule has 0 radical (unpaired) electrons. The summed E-state index contributed by atoms with van der Waals surface area (Å²) in [5, 5.41) is 10.9. The summed E-state index contributed by atoms with van der Waals surface area (Å²) >= 11 is 0. The van der Waals surface area contributed by atoms with Gasteiger partial charge in [-0.15, -0.1) is 0 Å². The molecule has 4 N–H and O–H groups in total. The van der Waals surface area contributed by atoms with E-state index in [2.05, 4.69) is 20.0 Å². The third-order valence-electron chi connectivity index (χ3n) is 4.52. The number of H-pyrrole nitrogens is 1. The van der Waals surface area contributed by atoms with Crippen LogP contribution >= 0.6 is 0 Å². The van der Waals surface area contributed by atoms with Crippen molar-refractivity contribution in [2.45, 2.75) is 13.3 Å². The van der Waals surface area contributed by atoms with Crippen molar-refractivity contribution in [3.05, 3.63) is 65.4 Å². The van der Waals surface area contributed by atoms with Gasteiger partial charge in [0.15, 0.2) is 5.78 Å². The lowest BCUT2D eigenvalue weighted by atomic mass is 10.0. The van der Waals surface area contributed by atoms with E-state index >= 15 is 0 Å². The highest BCUT2D eigenvalue weighted by Crippen LogP contribution is 2.26. The van der Waals surface area contributed by atoms with E-state index in [0.29, 0.717) is 28.6 Å². The van der Waals surface area contributed by atoms with Crippen molar-refractivity contribution < 1.29 is 17.6 Å². The highest BCUT2D eigenvalue weighted by Gasteiger charge is 2.20. The van der Waals surface area contributed by atoms with E-state index in [1.807, 2.05) is 0 Å². The lowest BCUT2D eigenvalue weighted by Crippen LogP contribution is -2.16. The molecule has 0 bridgehead atoms. The Morgan fingerprint density at radius 3 is 2.74 bits per heavy atom. The third-order valence-corrected chi connectivity index (χ3v) is 6.01. The molecule has 0 spiro atoms. The van der Waals surface area contributed by atoms with E-state index in [1.54, 1.807) is 32.4 Å². The molecule has 10 heteroatoms. The molecule has 0 fully saturated rings. The largest absolute Gasteiger partial charge is 0.393 e. The Balaban J connectivity index is 2.04. The monoisotopic (exact) mass is 443 g/mol. The van der Waals surface area contributed by atoms with Crippen LogP contribution in [0, 0.1) is 11.2 Å². The zero-order valence-corrected chi connectivity index (χ0v) is 17.8. The summed E-state index contributed by atoms with van der Waals surface area (Å²) in [6.45, 7) is 1.73.